The number of halogens is 1. The van der Waals surface area contributed by atoms with Gasteiger partial charge in [0.1, 0.15) is 17.2 Å². The van der Waals surface area contributed by atoms with Gasteiger partial charge >= 0.3 is 0 Å². The molecule has 2 rings (SSSR count). The van der Waals surface area contributed by atoms with Gasteiger partial charge in [-0.05, 0) is 83.9 Å². The van der Waals surface area contributed by atoms with E-state index in [9.17, 15) is 5.11 Å². The van der Waals surface area contributed by atoms with Crippen molar-refractivity contribution < 1.29 is 9.84 Å². The second-order valence-corrected chi connectivity index (χ2v) is 5.42. The fourth-order valence-electron chi connectivity index (χ4n) is 1.73. The van der Waals surface area contributed by atoms with Crippen LogP contribution in [0.1, 0.15) is 12.0 Å². The zero-order chi connectivity index (χ0) is 13.7. The Hall–Kier alpha value is -1.27. The van der Waals surface area contributed by atoms with Crippen LogP contribution in [0.5, 0.6) is 17.2 Å². The molecule has 0 spiro atoms. The molecule has 0 fully saturated rings. The van der Waals surface area contributed by atoms with Crippen LogP contribution in [-0.4, -0.2) is 11.7 Å². The summed E-state index contributed by atoms with van der Waals surface area (Å²) >= 11 is 2.27. The molecule has 2 aromatic rings. The first-order valence-corrected chi connectivity index (χ1v) is 7.22. The van der Waals surface area contributed by atoms with Gasteiger partial charge in [0.05, 0.1) is 3.57 Å². The molecule has 0 aliphatic rings. The lowest BCUT2D eigenvalue weighted by molar-refractivity contribution is 0.463. The van der Waals surface area contributed by atoms with Crippen molar-refractivity contribution in [3.05, 3.63) is 51.6 Å². The van der Waals surface area contributed by atoms with Crippen LogP contribution < -0.4 is 10.5 Å². The monoisotopic (exact) mass is 369 g/mol. The molecule has 0 atom stereocenters. The van der Waals surface area contributed by atoms with Crippen molar-refractivity contribution >= 4 is 22.6 Å². The highest BCUT2D eigenvalue weighted by molar-refractivity contribution is 14.1. The largest absolute Gasteiger partial charge is 0.508 e. The summed E-state index contributed by atoms with van der Waals surface area (Å²) in [4.78, 5) is 0. The molecule has 3 nitrogen and oxygen atoms in total. The Morgan fingerprint density at radius 2 is 1.84 bits per heavy atom. The lowest BCUT2D eigenvalue weighted by atomic mass is 10.1. The zero-order valence-electron chi connectivity index (χ0n) is 10.5. The maximum atomic E-state index is 9.23. The van der Waals surface area contributed by atoms with E-state index in [-0.39, 0.29) is 5.75 Å². The summed E-state index contributed by atoms with van der Waals surface area (Å²) in [6, 6.07) is 12.9. The van der Waals surface area contributed by atoms with Gasteiger partial charge in [-0.3, -0.25) is 0 Å². The topological polar surface area (TPSA) is 55.5 Å². The fourth-order valence-corrected chi connectivity index (χ4v) is 2.42. The Bertz CT molecular complexity index is 540. The van der Waals surface area contributed by atoms with Gasteiger partial charge in [-0.2, -0.15) is 0 Å². The van der Waals surface area contributed by atoms with Gasteiger partial charge in [-0.15, -0.1) is 0 Å². The van der Waals surface area contributed by atoms with Crippen molar-refractivity contribution in [3.63, 3.8) is 0 Å². The number of phenolic OH excluding ortho intramolecular Hbond substituents is 1. The van der Waals surface area contributed by atoms with Gasteiger partial charge in [-0.25, -0.2) is 0 Å². The smallest absolute Gasteiger partial charge is 0.140 e. The van der Waals surface area contributed by atoms with Crippen LogP contribution in [-0.2, 0) is 6.42 Å². The third-order valence-electron chi connectivity index (χ3n) is 2.73. The second-order valence-electron chi connectivity index (χ2n) is 4.25. The third kappa shape index (κ3) is 4.11. The number of benzene rings is 2. The number of ether oxygens (including phenoxy) is 1. The van der Waals surface area contributed by atoms with Crippen molar-refractivity contribution in [2.45, 2.75) is 12.8 Å². The minimum absolute atomic E-state index is 0.235. The van der Waals surface area contributed by atoms with Crippen LogP contribution in [0.15, 0.2) is 42.5 Å². The summed E-state index contributed by atoms with van der Waals surface area (Å²) < 4.78 is 6.85. The molecule has 0 saturated carbocycles. The van der Waals surface area contributed by atoms with Gasteiger partial charge in [0.2, 0.25) is 0 Å². The predicted molar refractivity (Wildman–Crippen MR) is 84.7 cm³/mol. The Labute approximate surface area is 126 Å². The fraction of sp³-hybridized carbons (Fsp3) is 0.200. The van der Waals surface area contributed by atoms with Gasteiger partial charge in [0, 0.05) is 0 Å². The number of nitrogens with two attached hydrogens (primary N) is 1. The van der Waals surface area contributed by atoms with Gasteiger partial charge in [-0.1, -0.05) is 6.07 Å². The van der Waals surface area contributed by atoms with Crippen molar-refractivity contribution in [2.24, 2.45) is 5.73 Å². The average molecular weight is 369 g/mol. The van der Waals surface area contributed by atoms with E-state index in [1.807, 2.05) is 6.07 Å². The lowest BCUT2D eigenvalue weighted by Crippen LogP contribution is -2.00. The number of rotatable bonds is 5. The van der Waals surface area contributed by atoms with E-state index in [1.54, 1.807) is 24.3 Å². The normalized spacial score (nSPS) is 10.4. The van der Waals surface area contributed by atoms with Crippen LogP contribution >= 0.6 is 22.6 Å². The molecule has 0 aliphatic carbocycles. The number of hydrogen-bond acceptors (Lipinski definition) is 3. The SMILES string of the molecule is NCCCc1ccc(Oc2ccc(O)cc2)c(I)c1. The zero-order valence-corrected chi connectivity index (χ0v) is 12.6. The van der Waals surface area contributed by atoms with Gasteiger partial charge in [0.15, 0.2) is 0 Å². The Morgan fingerprint density at radius 3 is 2.47 bits per heavy atom. The van der Waals surface area contributed by atoms with Crippen molar-refractivity contribution in [2.75, 3.05) is 6.54 Å². The van der Waals surface area contributed by atoms with Crippen LogP contribution in [0.4, 0.5) is 0 Å². The van der Waals surface area contributed by atoms with E-state index < -0.39 is 0 Å². The summed E-state index contributed by atoms with van der Waals surface area (Å²) in [5.41, 5.74) is 6.78. The average Bonchev–Trinajstić information content (AvgIpc) is 2.41. The molecule has 19 heavy (non-hydrogen) atoms. The predicted octanol–water partition coefficient (Wildman–Crippen LogP) is 3.68. The van der Waals surface area contributed by atoms with Crippen molar-refractivity contribution in [1.82, 2.24) is 0 Å². The summed E-state index contributed by atoms with van der Waals surface area (Å²) in [5.74, 6) is 1.77. The van der Waals surface area contributed by atoms with Crippen LogP contribution in [0.25, 0.3) is 0 Å². The first-order valence-electron chi connectivity index (χ1n) is 6.14. The Morgan fingerprint density at radius 1 is 1.11 bits per heavy atom. The Balaban J connectivity index is 2.10. The third-order valence-corrected chi connectivity index (χ3v) is 3.57. The molecule has 0 aromatic heterocycles. The first-order chi connectivity index (χ1) is 9.19. The molecular weight excluding hydrogens is 353 g/mol. The molecule has 0 amide bonds. The molecule has 4 heteroatoms. The number of aryl methyl sites for hydroxylation is 1. The number of hydrogen-bond donors (Lipinski definition) is 2. The molecule has 3 N–H and O–H groups in total. The minimum atomic E-state index is 0.235. The van der Waals surface area contributed by atoms with E-state index >= 15 is 0 Å². The molecule has 2 aromatic carbocycles. The van der Waals surface area contributed by atoms with E-state index in [2.05, 4.69) is 34.7 Å². The molecule has 0 radical (unpaired) electrons. The standard InChI is InChI=1S/C15H16INO2/c16-14-10-11(2-1-9-17)3-8-15(14)19-13-6-4-12(18)5-7-13/h3-8,10,18H,1-2,9,17H2. The van der Waals surface area contributed by atoms with Crippen molar-refractivity contribution in [1.29, 1.82) is 0 Å². The first kappa shape index (κ1) is 14.1. The summed E-state index contributed by atoms with van der Waals surface area (Å²) in [6.45, 7) is 0.711. The summed E-state index contributed by atoms with van der Waals surface area (Å²) in [5, 5.41) is 9.23. The molecular formula is C15H16INO2. The highest BCUT2D eigenvalue weighted by Crippen LogP contribution is 2.28. The van der Waals surface area contributed by atoms with Gasteiger partial charge in [0.25, 0.3) is 0 Å². The summed E-state index contributed by atoms with van der Waals surface area (Å²) in [6.07, 6.45) is 1.99. The van der Waals surface area contributed by atoms with E-state index in [4.69, 9.17) is 10.5 Å². The van der Waals surface area contributed by atoms with Crippen molar-refractivity contribution in [3.8, 4) is 17.2 Å². The van der Waals surface area contributed by atoms with Crippen LogP contribution in [0.3, 0.4) is 0 Å². The van der Waals surface area contributed by atoms with E-state index in [0.717, 1.165) is 22.2 Å². The van der Waals surface area contributed by atoms with E-state index in [1.165, 1.54) is 5.56 Å². The lowest BCUT2D eigenvalue weighted by Gasteiger charge is -2.09. The number of phenols is 1. The molecule has 0 bridgehead atoms. The van der Waals surface area contributed by atoms with E-state index in [0.29, 0.717) is 12.3 Å². The highest BCUT2D eigenvalue weighted by Gasteiger charge is 2.04. The maximum absolute atomic E-state index is 9.23. The molecule has 0 saturated heterocycles. The minimum Gasteiger partial charge on any atom is -0.508 e. The molecule has 0 unspecified atom stereocenters. The molecule has 0 aliphatic heterocycles. The van der Waals surface area contributed by atoms with Crippen LogP contribution in [0.2, 0.25) is 0 Å². The second kappa shape index (κ2) is 6.77. The molecule has 100 valence electrons. The summed E-state index contributed by atoms with van der Waals surface area (Å²) in [7, 11) is 0. The highest BCUT2D eigenvalue weighted by atomic mass is 127. The molecule has 0 heterocycles. The van der Waals surface area contributed by atoms with Crippen LogP contribution in [0, 0.1) is 3.57 Å². The Kier molecular flexibility index (Phi) is 5.04. The number of aromatic hydroxyl groups is 1. The quantitative estimate of drug-likeness (QED) is 0.791. The van der Waals surface area contributed by atoms with Gasteiger partial charge < -0.3 is 15.6 Å². The maximum Gasteiger partial charge on any atom is 0.140 e.